The molecular weight excluding hydrogens is 260 g/mol. The Hall–Kier alpha value is -2.13. The first kappa shape index (κ1) is 15.3. The second-order valence-electron chi connectivity index (χ2n) is 4.69. The lowest BCUT2D eigenvalue weighted by atomic mass is 10.0. The average molecular weight is 282 g/mol. The summed E-state index contributed by atoms with van der Waals surface area (Å²) in [6.45, 7) is 6.13. The van der Waals surface area contributed by atoms with Crippen LogP contribution in [0.5, 0.6) is 0 Å². The molecule has 0 radical (unpaired) electrons. The van der Waals surface area contributed by atoms with Gasteiger partial charge in [0.05, 0.1) is 11.4 Å². The van der Waals surface area contributed by atoms with E-state index in [1.54, 1.807) is 0 Å². The predicted molar refractivity (Wildman–Crippen MR) is 87.1 cm³/mol. The summed E-state index contributed by atoms with van der Waals surface area (Å²) in [5.74, 6) is 0. The van der Waals surface area contributed by atoms with Gasteiger partial charge in [-0.15, -0.1) is 0 Å². The lowest BCUT2D eigenvalue weighted by Gasteiger charge is -2.29. The number of hydrogen-bond donors (Lipinski definition) is 1. The summed E-state index contributed by atoms with van der Waals surface area (Å²) in [5.41, 5.74) is 7.33. The van der Waals surface area contributed by atoms with Crippen molar-refractivity contribution in [2.75, 3.05) is 0 Å². The molecule has 1 unspecified atom stereocenters. The van der Waals surface area contributed by atoms with Gasteiger partial charge >= 0.3 is 0 Å². The fraction of sp³-hybridized carbons (Fsp3) is 0.278. The highest BCUT2D eigenvalue weighted by atomic mass is 16.1. The molecule has 0 amide bonds. The zero-order valence-electron chi connectivity index (χ0n) is 12.8. The molecule has 3 nitrogen and oxygen atoms in total. The molecular formula is C18H22N2O. The number of carbonyl (C=O) groups excluding carboxylic acids is 1. The predicted octanol–water partition coefficient (Wildman–Crippen LogP) is 3.68. The Bertz CT molecular complexity index is 584. The third-order valence-corrected chi connectivity index (χ3v) is 3.49. The van der Waals surface area contributed by atoms with Crippen molar-refractivity contribution in [1.82, 2.24) is 10.4 Å². The summed E-state index contributed by atoms with van der Waals surface area (Å²) in [6, 6.07) is 10.5. The SMILES string of the molecule is CC.CCC1C=C2C(C=O)=CC=C(c3ccccc3)N2N1. The van der Waals surface area contributed by atoms with Crippen LogP contribution in [0.15, 0.2) is 59.8 Å². The van der Waals surface area contributed by atoms with Gasteiger partial charge in [0.15, 0.2) is 6.29 Å². The lowest BCUT2D eigenvalue weighted by molar-refractivity contribution is -0.104. The topological polar surface area (TPSA) is 32.3 Å². The first-order valence-corrected chi connectivity index (χ1v) is 7.54. The van der Waals surface area contributed by atoms with E-state index in [4.69, 9.17) is 0 Å². The number of nitrogens with one attached hydrogen (secondary N) is 1. The molecule has 2 heterocycles. The van der Waals surface area contributed by atoms with Crippen LogP contribution in [-0.2, 0) is 4.79 Å². The van der Waals surface area contributed by atoms with Crippen LogP contribution in [0.3, 0.4) is 0 Å². The minimum absolute atomic E-state index is 0.281. The van der Waals surface area contributed by atoms with E-state index in [0.717, 1.165) is 35.2 Å². The number of allylic oxidation sites excluding steroid dienone is 3. The summed E-state index contributed by atoms with van der Waals surface area (Å²) in [6.07, 6.45) is 7.90. The van der Waals surface area contributed by atoms with Crippen molar-refractivity contribution >= 4 is 12.0 Å². The number of rotatable bonds is 3. The summed E-state index contributed by atoms with van der Waals surface area (Å²) in [4.78, 5) is 11.1. The van der Waals surface area contributed by atoms with Crippen LogP contribution in [0, 0.1) is 0 Å². The van der Waals surface area contributed by atoms with Gasteiger partial charge in [0, 0.05) is 11.6 Å². The van der Waals surface area contributed by atoms with Gasteiger partial charge in [-0.1, -0.05) is 51.1 Å². The van der Waals surface area contributed by atoms with Crippen LogP contribution in [0.2, 0.25) is 0 Å². The molecule has 3 heteroatoms. The summed E-state index contributed by atoms with van der Waals surface area (Å²) in [5, 5.41) is 2.02. The van der Waals surface area contributed by atoms with Gasteiger partial charge in [-0.05, 0) is 30.2 Å². The molecule has 0 saturated heterocycles. The maximum atomic E-state index is 11.1. The second kappa shape index (κ2) is 7.04. The van der Waals surface area contributed by atoms with Gasteiger partial charge in [0.25, 0.3) is 0 Å². The zero-order chi connectivity index (χ0) is 15.2. The first-order valence-electron chi connectivity index (χ1n) is 7.54. The molecule has 0 bridgehead atoms. The van der Waals surface area contributed by atoms with Gasteiger partial charge < -0.3 is 0 Å². The smallest absolute Gasteiger partial charge is 0.152 e. The fourth-order valence-corrected chi connectivity index (χ4v) is 2.43. The van der Waals surface area contributed by atoms with Gasteiger partial charge in [-0.2, -0.15) is 0 Å². The van der Waals surface area contributed by atoms with Crippen molar-refractivity contribution in [3.8, 4) is 0 Å². The monoisotopic (exact) mass is 282 g/mol. The van der Waals surface area contributed by atoms with Crippen molar-refractivity contribution in [2.24, 2.45) is 0 Å². The molecule has 0 spiro atoms. The average Bonchev–Trinajstić information content (AvgIpc) is 3.01. The van der Waals surface area contributed by atoms with Crippen LogP contribution in [0.1, 0.15) is 32.8 Å². The number of nitrogens with zero attached hydrogens (tertiary/aromatic N) is 1. The Morgan fingerprint density at radius 1 is 1.14 bits per heavy atom. The molecule has 0 fully saturated rings. The lowest BCUT2D eigenvalue weighted by Crippen LogP contribution is -2.36. The number of carbonyl (C=O) groups is 1. The molecule has 0 aliphatic carbocycles. The molecule has 2 aliphatic heterocycles. The van der Waals surface area contributed by atoms with E-state index in [-0.39, 0.29) is 6.04 Å². The molecule has 21 heavy (non-hydrogen) atoms. The molecule has 1 atom stereocenters. The summed E-state index contributed by atoms with van der Waals surface area (Å²) >= 11 is 0. The van der Waals surface area contributed by atoms with E-state index in [9.17, 15) is 4.79 Å². The Balaban J connectivity index is 0.000000774. The molecule has 1 aromatic rings. The van der Waals surface area contributed by atoms with Crippen molar-refractivity contribution in [3.05, 3.63) is 65.4 Å². The Morgan fingerprint density at radius 3 is 2.48 bits per heavy atom. The normalized spacial score (nSPS) is 19.7. The third-order valence-electron chi connectivity index (χ3n) is 3.49. The molecule has 1 N–H and O–H groups in total. The molecule has 2 aliphatic rings. The van der Waals surface area contributed by atoms with E-state index in [1.165, 1.54) is 0 Å². The molecule has 1 aromatic carbocycles. The first-order chi connectivity index (χ1) is 10.3. The van der Waals surface area contributed by atoms with Crippen LogP contribution in [-0.4, -0.2) is 17.3 Å². The highest BCUT2D eigenvalue weighted by Gasteiger charge is 2.29. The maximum absolute atomic E-state index is 11.1. The van der Waals surface area contributed by atoms with Crippen molar-refractivity contribution in [3.63, 3.8) is 0 Å². The number of benzene rings is 1. The van der Waals surface area contributed by atoms with Crippen molar-refractivity contribution < 1.29 is 4.79 Å². The minimum atomic E-state index is 0.281. The largest absolute Gasteiger partial charge is 0.298 e. The second-order valence-corrected chi connectivity index (χ2v) is 4.69. The van der Waals surface area contributed by atoms with Crippen molar-refractivity contribution in [2.45, 2.75) is 33.2 Å². The van der Waals surface area contributed by atoms with E-state index >= 15 is 0 Å². The van der Waals surface area contributed by atoms with Crippen molar-refractivity contribution in [1.29, 1.82) is 0 Å². The minimum Gasteiger partial charge on any atom is -0.298 e. The van der Waals surface area contributed by atoms with Crippen LogP contribution < -0.4 is 5.43 Å². The van der Waals surface area contributed by atoms with Crippen LogP contribution in [0.25, 0.3) is 5.70 Å². The number of fused-ring (bicyclic) bond motifs is 1. The molecule has 3 rings (SSSR count). The highest BCUT2D eigenvalue weighted by Crippen LogP contribution is 2.33. The Labute approximate surface area is 126 Å². The number of aldehydes is 1. The van der Waals surface area contributed by atoms with Gasteiger partial charge in [0.2, 0.25) is 0 Å². The Morgan fingerprint density at radius 2 is 1.86 bits per heavy atom. The van der Waals surface area contributed by atoms with Gasteiger partial charge in [-0.25, -0.2) is 5.43 Å². The zero-order valence-corrected chi connectivity index (χ0v) is 12.8. The molecule has 0 aromatic heterocycles. The standard InChI is InChI=1S/C16H16N2O.C2H6/c1-2-14-10-16-13(11-19)8-9-15(18(16)17-14)12-6-4-3-5-7-12;1-2/h3-11,14,17H,2H2,1H3;1-2H3. The molecule has 110 valence electrons. The van der Waals surface area contributed by atoms with Gasteiger partial charge in [-0.3, -0.25) is 9.80 Å². The fourth-order valence-electron chi connectivity index (χ4n) is 2.43. The number of hydrogen-bond acceptors (Lipinski definition) is 3. The maximum Gasteiger partial charge on any atom is 0.152 e. The van der Waals surface area contributed by atoms with E-state index in [1.807, 2.05) is 49.2 Å². The van der Waals surface area contributed by atoms with Crippen LogP contribution in [0.4, 0.5) is 0 Å². The Kier molecular flexibility index (Phi) is 5.12. The summed E-state index contributed by atoms with van der Waals surface area (Å²) < 4.78 is 0. The van der Waals surface area contributed by atoms with E-state index in [2.05, 4.69) is 30.6 Å². The van der Waals surface area contributed by atoms with Crippen LogP contribution >= 0.6 is 0 Å². The quantitative estimate of drug-likeness (QED) is 0.858. The number of hydrazine groups is 1. The third kappa shape index (κ3) is 2.98. The van der Waals surface area contributed by atoms with E-state index < -0.39 is 0 Å². The van der Waals surface area contributed by atoms with E-state index in [0.29, 0.717) is 0 Å². The highest BCUT2D eigenvalue weighted by molar-refractivity contribution is 5.85. The summed E-state index contributed by atoms with van der Waals surface area (Å²) in [7, 11) is 0. The van der Waals surface area contributed by atoms with Gasteiger partial charge in [0.1, 0.15) is 0 Å². The molecule has 0 saturated carbocycles.